The molecule has 14 nitrogen and oxygen atoms in total. The first kappa shape index (κ1) is 69.6. The number of benzene rings is 13. The predicted octanol–water partition coefficient (Wildman–Crippen LogP) is 17.9. The van der Waals surface area contributed by atoms with Crippen LogP contribution >= 0.6 is 0 Å². The fourth-order valence-corrected chi connectivity index (χ4v) is 13.0. The number of rotatable bonds is 25. The molecule has 13 rings (SSSR count). The number of primary amides is 1. The highest BCUT2D eigenvalue weighted by atomic mass is 16.2. The fourth-order valence-electron chi connectivity index (χ4n) is 13.0. The van der Waals surface area contributed by atoms with Gasteiger partial charge in [0.05, 0.1) is 39.3 Å². The summed E-state index contributed by atoms with van der Waals surface area (Å²) in [4.78, 5) is 116. The van der Waals surface area contributed by atoms with Crippen LogP contribution in [0.25, 0.3) is 0 Å². The summed E-state index contributed by atoms with van der Waals surface area (Å²) >= 11 is 0. The highest BCUT2D eigenvalue weighted by Crippen LogP contribution is 2.33. The van der Waals surface area contributed by atoms with Crippen LogP contribution in [0, 0.1) is 0 Å². The molecule has 14 heteroatoms. The van der Waals surface area contributed by atoms with E-state index >= 15 is 24.0 Å². The van der Waals surface area contributed by atoms with E-state index < -0.39 is 17.7 Å². The monoisotopic (exact) mass is 1380 g/mol. The number of hydrogen-bond acceptors (Lipinski definition) is 7. The maximum Gasteiger partial charge on any atom is 0.258 e. The number of carbonyl (C=O) groups excluding carboxylic acids is 7. The van der Waals surface area contributed by atoms with Gasteiger partial charge in [0.2, 0.25) is 5.91 Å². The summed E-state index contributed by atoms with van der Waals surface area (Å²) in [5, 5.41) is 0. The van der Waals surface area contributed by atoms with Crippen LogP contribution < -0.4 is 35.1 Å². The van der Waals surface area contributed by atoms with E-state index in [2.05, 4.69) is 0 Å². The third-order valence-electron chi connectivity index (χ3n) is 18.4. The van der Waals surface area contributed by atoms with Crippen molar-refractivity contribution >= 4 is 75.5 Å². The van der Waals surface area contributed by atoms with Crippen LogP contribution in [0.5, 0.6) is 0 Å². The van der Waals surface area contributed by atoms with E-state index in [-0.39, 0.29) is 62.9 Å². The van der Waals surface area contributed by atoms with Crippen LogP contribution in [0.4, 0.5) is 34.1 Å². The molecule has 13 aromatic carbocycles. The summed E-state index contributed by atoms with van der Waals surface area (Å²) in [6.45, 7) is -0.0947. The van der Waals surface area contributed by atoms with E-state index in [1.807, 2.05) is 261 Å². The van der Waals surface area contributed by atoms with Gasteiger partial charge in [-0.1, -0.05) is 237 Å². The van der Waals surface area contributed by atoms with Gasteiger partial charge in [-0.2, -0.15) is 0 Å². The molecule has 0 aromatic heterocycles. The first-order chi connectivity index (χ1) is 51.5. The normalized spacial score (nSPS) is 10.8. The van der Waals surface area contributed by atoms with E-state index in [1.165, 1.54) is 0 Å². The number of nitrogens with zero attached hydrogens (tertiary/aromatic N) is 6. The zero-order chi connectivity index (χ0) is 72.4. The largest absolute Gasteiger partial charge is 0.366 e. The molecule has 0 saturated heterocycles. The van der Waals surface area contributed by atoms with Crippen molar-refractivity contribution in [2.45, 2.75) is 39.3 Å². The number of hydrogen-bond donors (Lipinski definition) is 1. The smallest absolute Gasteiger partial charge is 0.258 e. The topological polar surface area (TPSA) is 165 Å². The van der Waals surface area contributed by atoms with Gasteiger partial charge in [-0.25, -0.2) is 0 Å². The third kappa shape index (κ3) is 16.2. The van der Waals surface area contributed by atoms with Gasteiger partial charge in [-0.15, -0.1) is 0 Å². The van der Waals surface area contributed by atoms with E-state index in [9.17, 15) is 9.59 Å². The Labute approximate surface area is 610 Å². The van der Waals surface area contributed by atoms with Gasteiger partial charge in [0, 0.05) is 73.1 Å². The van der Waals surface area contributed by atoms with Gasteiger partial charge in [0.15, 0.2) is 0 Å². The Morgan fingerprint density at radius 2 is 0.333 bits per heavy atom. The standard InChI is InChI=1S/C91H73N7O7/c92-85(99)79-54-28-22-36-67(79)60-94(74-44-12-3-13-45-74)87(101)81-56-30-24-38-69(81)62-96(76-48-16-5-17-49-76)89(103)83-58-32-26-40-71(83)64-98(78-52-20-7-21-53-78)91(105)84-59-33-27-41-72(84)65-97(77-50-18-6-19-51-77)90(104)82-57-31-25-39-70(82)63-95(75-46-14-4-15-47-75)88(102)80-55-29-23-37-68(80)61-93(73-42-10-2-11-43-73)86(100)66-34-8-1-9-35-66/h1-59H,60-65H2,(H2,92,99). The Balaban J connectivity index is 0.807. The maximum absolute atomic E-state index is 16.0. The lowest BCUT2D eigenvalue weighted by atomic mass is 10.00. The van der Waals surface area contributed by atoms with Crippen molar-refractivity contribution in [2.24, 2.45) is 5.73 Å². The second-order valence-corrected chi connectivity index (χ2v) is 25.0. The van der Waals surface area contributed by atoms with Crippen molar-refractivity contribution in [3.8, 4) is 0 Å². The lowest BCUT2D eigenvalue weighted by Crippen LogP contribution is -2.36. The summed E-state index contributed by atoms with van der Waals surface area (Å²) in [6.07, 6.45) is 0. The quantitative estimate of drug-likeness (QED) is 0.0595. The minimum atomic E-state index is -0.619. The van der Waals surface area contributed by atoms with Crippen LogP contribution in [-0.4, -0.2) is 41.4 Å². The summed E-state index contributed by atoms with van der Waals surface area (Å²) in [7, 11) is 0. The molecular weight excluding hydrogens is 1300 g/mol. The molecule has 0 fully saturated rings. The van der Waals surface area contributed by atoms with Crippen molar-refractivity contribution in [1.82, 2.24) is 0 Å². The number of amides is 7. The summed E-state index contributed by atoms with van der Waals surface area (Å²) in [6, 6.07) is 108. The van der Waals surface area contributed by atoms with Crippen molar-refractivity contribution in [3.63, 3.8) is 0 Å². The Bertz CT molecular complexity index is 5230. The summed E-state index contributed by atoms with van der Waals surface area (Å²) < 4.78 is 0. The number of carbonyl (C=O) groups is 7. The molecule has 13 aromatic rings. The van der Waals surface area contributed by atoms with Crippen molar-refractivity contribution in [3.05, 3.63) is 430 Å². The number of para-hydroxylation sites is 6. The first-order valence-corrected chi connectivity index (χ1v) is 34.5. The Hall–Kier alpha value is -13.9. The molecular formula is C91H73N7O7. The summed E-state index contributed by atoms with van der Waals surface area (Å²) in [5.74, 6) is -2.74. The summed E-state index contributed by atoms with van der Waals surface area (Å²) in [5.41, 5.74) is 15.1. The molecule has 105 heavy (non-hydrogen) atoms. The van der Waals surface area contributed by atoms with Gasteiger partial charge < -0.3 is 35.1 Å². The lowest BCUT2D eigenvalue weighted by Gasteiger charge is -2.30. The zero-order valence-corrected chi connectivity index (χ0v) is 57.4. The van der Waals surface area contributed by atoms with Crippen LogP contribution in [-0.2, 0) is 39.3 Å². The van der Waals surface area contributed by atoms with Crippen molar-refractivity contribution in [2.75, 3.05) is 29.4 Å². The molecule has 0 aliphatic carbocycles. The highest BCUT2D eigenvalue weighted by molar-refractivity contribution is 6.13. The molecule has 0 atom stereocenters. The minimum absolute atomic E-state index is 0.0274. The Morgan fingerprint density at radius 3 is 0.533 bits per heavy atom. The molecule has 0 spiro atoms. The Morgan fingerprint density at radius 1 is 0.181 bits per heavy atom. The first-order valence-electron chi connectivity index (χ1n) is 34.5. The molecule has 0 heterocycles. The van der Waals surface area contributed by atoms with Crippen LogP contribution in [0.2, 0.25) is 0 Å². The predicted molar refractivity (Wildman–Crippen MR) is 415 cm³/mol. The molecule has 2 N–H and O–H groups in total. The van der Waals surface area contributed by atoms with Gasteiger partial charge in [-0.05, 0) is 155 Å². The van der Waals surface area contributed by atoms with Crippen molar-refractivity contribution in [1.29, 1.82) is 0 Å². The van der Waals surface area contributed by atoms with Crippen molar-refractivity contribution < 1.29 is 33.6 Å². The lowest BCUT2D eigenvalue weighted by molar-refractivity contribution is 0.0965. The second-order valence-electron chi connectivity index (χ2n) is 25.0. The molecule has 0 bridgehead atoms. The highest BCUT2D eigenvalue weighted by Gasteiger charge is 2.32. The van der Waals surface area contributed by atoms with E-state index in [1.54, 1.807) is 126 Å². The minimum Gasteiger partial charge on any atom is -0.366 e. The third-order valence-corrected chi connectivity index (χ3v) is 18.4. The van der Waals surface area contributed by atoms with E-state index in [4.69, 9.17) is 5.73 Å². The van der Waals surface area contributed by atoms with Crippen LogP contribution in [0.3, 0.4) is 0 Å². The van der Waals surface area contributed by atoms with E-state index in [0.29, 0.717) is 106 Å². The Kier molecular flexibility index (Phi) is 21.9. The van der Waals surface area contributed by atoms with Crippen LogP contribution in [0.1, 0.15) is 106 Å². The molecule has 0 aliphatic rings. The second kappa shape index (κ2) is 33.1. The SMILES string of the molecule is NC(=O)c1ccccc1CN(C(=O)c1ccccc1CN(C(=O)c1ccccc1CN(C(=O)c1ccccc1CN(C(=O)c1ccccc1CN(C(=O)c1ccccc1CN(C(=O)c1ccccc1)c1ccccc1)c1ccccc1)c1ccccc1)c1ccccc1)c1ccccc1)c1ccccc1. The molecule has 514 valence electrons. The van der Waals surface area contributed by atoms with Crippen LogP contribution in [0.15, 0.2) is 358 Å². The molecule has 7 amide bonds. The van der Waals surface area contributed by atoms with Gasteiger partial charge >= 0.3 is 0 Å². The number of anilines is 6. The molecule has 0 unspecified atom stereocenters. The fraction of sp³-hybridized carbons (Fsp3) is 0.0659. The number of nitrogens with two attached hydrogens (primary N) is 1. The van der Waals surface area contributed by atoms with E-state index in [0.717, 1.165) is 0 Å². The average molecular weight is 1380 g/mol. The van der Waals surface area contributed by atoms with Gasteiger partial charge in [0.25, 0.3) is 35.4 Å². The molecule has 0 radical (unpaired) electrons. The molecule has 0 aliphatic heterocycles. The average Bonchev–Trinajstić information content (AvgIpc) is 0.794. The molecule has 0 saturated carbocycles. The van der Waals surface area contributed by atoms with Gasteiger partial charge in [-0.3, -0.25) is 33.6 Å². The van der Waals surface area contributed by atoms with Gasteiger partial charge in [0.1, 0.15) is 0 Å². The zero-order valence-electron chi connectivity index (χ0n) is 57.4. The maximum atomic E-state index is 16.0.